The summed E-state index contributed by atoms with van der Waals surface area (Å²) in [7, 11) is 0. The van der Waals surface area contributed by atoms with Crippen molar-refractivity contribution in [2.24, 2.45) is 11.8 Å². The normalized spacial score (nSPS) is 20.3. The van der Waals surface area contributed by atoms with Gasteiger partial charge in [-0.2, -0.15) is 5.10 Å². The third-order valence-corrected chi connectivity index (χ3v) is 5.77. The van der Waals surface area contributed by atoms with Crippen molar-refractivity contribution in [3.05, 3.63) is 58.0 Å². The third kappa shape index (κ3) is 5.29. The van der Waals surface area contributed by atoms with Gasteiger partial charge in [0.2, 0.25) is 0 Å². The number of aryl methyl sites for hydroxylation is 1. The number of nitrogens with zero attached hydrogens (tertiary/aromatic N) is 2. The first-order chi connectivity index (χ1) is 13.4. The number of hydrogen-bond acceptors (Lipinski definition) is 4. The number of H-pyrrole nitrogens is 1. The molecule has 1 aliphatic heterocycles. The summed E-state index contributed by atoms with van der Waals surface area (Å²) >= 11 is 0. The highest BCUT2D eigenvalue weighted by atomic mass is 16.2. The molecule has 0 aliphatic carbocycles. The highest BCUT2D eigenvalue weighted by Crippen LogP contribution is 2.28. The molecule has 0 bridgehead atoms. The maximum atomic E-state index is 12.2. The highest BCUT2D eigenvalue weighted by molar-refractivity contribution is 6.02. The summed E-state index contributed by atoms with van der Waals surface area (Å²) in [5.74, 6) is 1.18. The first-order valence-electron chi connectivity index (χ1n) is 10.1. The molecule has 0 unspecified atom stereocenters. The van der Waals surface area contributed by atoms with Crippen molar-refractivity contribution in [2.45, 2.75) is 46.1 Å². The summed E-state index contributed by atoms with van der Waals surface area (Å²) in [6, 6.07) is 11.3. The molecule has 6 heteroatoms. The van der Waals surface area contributed by atoms with Crippen LogP contribution in [0.3, 0.4) is 0 Å². The lowest BCUT2D eigenvalue weighted by Gasteiger charge is -2.39. The van der Waals surface area contributed by atoms with E-state index >= 15 is 0 Å². The van der Waals surface area contributed by atoms with Gasteiger partial charge in [0.05, 0.1) is 0 Å². The van der Waals surface area contributed by atoms with E-state index in [4.69, 9.17) is 0 Å². The summed E-state index contributed by atoms with van der Waals surface area (Å²) in [6.07, 6.45) is 3.55. The molecule has 2 N–H and O–H groups in total. The molecule has 150 valence electrons. The maximum absolute atomic E-state index is 12.2. The average Bonchev–Trinajstić information content (AvgIpc) is 2.68. The lowest BCUT2D eigenvalue weighted by atomic mass is 9.82. The van der Waals surface area contributed by atoms with Crippen molar-refractivity contribution in [1.29, 1.82) is 0 Å². The van der Waals surface area contributed by atoms with Gasteiger partial charge in [-0.15, -0.1) is 0 Å². The number of aromatic amines is 1. The molecule has 1 fully saturated rings. The summed E-state index contributed by atoms with van der Waals surface area (Å²) in [5, 5.41) is 8.81. The molecule has 28 heavy (non-hydrogen) atoms. The van der Waals surface area contributed by atoms with Crippen molar-refractivity contribution < 1.29 is 4.79 Å². The number of likely N-dealkylation sites (tertiary alicyclic amines) is 1. The molecule has 0 saturated carbocycles. The SMILES string of the molecule is CC(C)N1CC[C@H](CCc2ccc(NC(=O)c3ccc(=O)[nH]n3)cc2)[C@H](C)C1. The van der Waals surface area contributed by atoms with Crippen LogP contribution in [0.1, 0.15) is 49.7 Å². The fourth-order valence-corrected chi connectivity index (χ4v) is 3.90. The highest BCUT2D eigenvalue weighted by Gasteiger charge is 2.26. The van der Waals surface area contributed by atoms with Crippen molar-refractivity contribution in [3.63, 3.8) is 0 Å². The quantitative estimate of drug-likeness (QED) is 0.803. The largest absolute Gasteiger partial charge is 0.321 e. The number of piperidine rings is 1. The zero-order chi connectivity index (χ0) is 20.1. The van der Waals surface area contributed by atoms with E-state index < -0.39 is 0 Å². The fourth-order valence-electron chi connectivity index (χ4n) is 3.90. The van der Waals surface area contributed by atoms with Gasteiger partial charge in [0, 0.05) is 24.3 Å². The first kappa shape index (κ1) is 20.3. The standard InChI is InChI=1S/C22H30N4O2/c1-15(2)26-13-12-18(16(3)14-26)7-4-17-5-8-19(9-6-17)23-22(28)20-10-11-21(27)25-24-20/h5-6,8-11,15-16,18H,4,7,12-14H2,1-3H3,(H,23,28)(H,25,27)/t16-,18+/m1/s1. The lowest BCUT2D eigenvalue weighted by Crippen LogP contribution is -2.43. The molecule has 0 radical (unpaired) electrons. The Morgan fingerprint density at radius 3 is 2.61 bits per heavy atom. The summed E-state index contributed by atoms with van der Waals surface area (Å²) < 4.78 is 0. The molecule has 2 aromatic rings. The number of rotatable bonds is 6. The Labute approximate surface area is 166 Å². The van der Waals surface area contributed by atoms with Crippen molar-refractivity contribution in [3.8, 4) is 0 Å². The second kappa shape index (κ2) is 9.15. The van der Waals surface area contributed by atoms with Crippen LogP contribution in [-0.4, -0.2) is 40.1 Å². The van der Waals surface area contributed by atoms with Gasteiger partial charge >= 0.3 is 0 Å². The summed E-state index contributed by atoms with van der Waals surface area (Å²) in [4.78, 5) is 25.8. The van der Waals surface area contributed by atoms with Crippen LogP contribution in [0.25, 0.3) is 0 Å². The molecule has 1 amide bonds. The Kier molecular flexibility index (Phi) is 6.62. The van der Waals surface area contributed by atoms with Crippen LogP contribution in [0.4, 0.5) is 5.69 Å². The predicted octanol–water partition coefficient (Wildman–Crippen LogP) is 3.32. The monoisotopic (exact) mass is 382 g/mol. The van der Waals surface area contributed by atoms with Crippen molar-refractivity contribution in [2.75, 3.05) is 18.4 Å². The minimum Gasteiger partial charge on any atom is -0.321 e. The van der Waals surface area contributed by atoms with Gasteiger partial charge in [0.25, 0.3) is 11.5 Å². The van der Waals surface area contributed by atoms with Crippen molar-refractivity contribution in [1.82, 2.24) is 15.1 Å². The number of benzene rings is 1. The van der Waals surface area contributed by atoms with Gasteiger partial charge < -0.3 is 10.2 Å². The van der Waals surface area contributed by atoms with E-state index in [1.807, 2.05) is 12.1 Å². The Balaban J connectivity index is 1.50. The van der Waals surface area contributed by atoms with Crippen LogP contribution in [0.15, 0.2) is 41.2 Å². The van der Waals surface area contributed by atoms with Crippen LogP contribution in [0, 0.1) is 11.8 Å². The smallest absolute Gasteiger partial charge is 0.276 e. The fraction of sp³-hybridized carbons (Fsp3) is 0.500. The number of carbonyl (C=O) groups is 1. The zero-order valence-electron chi connectivity index (χ0n) is 16.9. The Morgan fingerprint density at radius 1 is 1.25 bits per heavy atom. The molecular formula is C22H30N4O2. The molecule has 1 saturated heterocycles. The topological polar surface area (TPSA) is 78.1 Å². The molecule has 0 spiro atoms. The zero-order valence-corrected chi connectivity index (χ0v) is 16.9. The number of amides is 1. The van der Waals surface area contributed by atoms with Gasteiger partial charge in [-0.25, -0.2) is 5.10 Å². The van der Waals surface area contributed by atoms with E-state index in [9.17, 15) is 9.59 Å². The van der Waals surface area contributed by atoms with Gasteiger partial charge in [-0.3, -0.25) is 9.59 Å². The Morgan fingerprint density at radius 2 is 2.00 bits per heavy atom. The molecular weight excluding hydrogens is 352 g/mol. The van der Waals surface area contributed by atoms with E-state index in [2.05, 4.69) is 53.3 Å². The Bertz CT molecular complexity index is 824. The van der Waals surface area contributed by atoms with Gasteiger partial charge in [0.15, 0.2) is 0 Å². The summed E-state index contributed by atoms with van der Waals surface area (Å²) in [6.45, 7) is 9.34. The number of hydrogen-bond donors (Lipinski definition) is 2. The minimum atomic E-state index is -0.338. The molecule has 1 aromatic heterocycles. The van der Waals surface area contributed by atoms with Gasteiger partial charge in [-0.1, -0.05) is 19.1 Å². The number of nitrogens with one attached hydrogen (secondary N) is 2. The van der Waals surface area contributed by atoms with Crippen LogP contribution < -0.4 is 10.9 Å². The number of carbonyl (C=O) groups excluding carboxylic acids is 1. The number of anilines is 1. The van der Waals surface area contributed by atoms with Crippen LogP contribution >= 0.6 is 0 Å². The average molecular weight is 383 g/mol. The summed E-state index contributed by atoms with van der Waals surface area (Å²) in [5.41, 5.74) is 1.87. The van der Waals surface area contributed by atoms with Crippen LogP contribution in [0.5, 0.6) is 0 Å². The molecule has 2 atom stereocenters. The van der Waals surface area contributed by atoms with Crippen molar-refractivity contribution >= 4 is 11.6 Å². The predicted molar refractivity (Wildman–Crippen MR) is 112 cm³/mol. The van der Waals surface area contributed by atoms with E-state index in [0.717, 1.165) is 23.9 Å². The van der Waals surface area contributed by atoms with E-state index in [1.165, 1.54) is 43.6 Å². The minimum absolute atomic E-state index is 0.186. The van der Waals surface area contributed by atoms with Gasteiger partial charge in [-0.05, 0) is 75.3 Å². The van der Waals surface area contributed by atoms with Crippen LogP contribution in [0.2, 0.25) is 0 Å². The van der Waals surface area contributed by atoms with E-state index in [1.54, 1.807) is 0 Å². The second-order valence-corrected chi connectivity index (χ2v) is 8.11. The van der Waals surface area contributed by atoms with Crippen LogP contribution in [-0.2, 0) is 6.42 Å². The molecule has 6 nitrogen and oxygen atoms in total. The molecule has 1 aliphatic rings. The van der Waals surface area contributed by atoms with Gasteiger partial charge in [0.1, 0.15) is 5.69 Å². The number of aromatic nitrogens is 2. The van der Waals surface area contributed by atoms with E-state index in [0.29, 0.717) is 6.04 Å². The molecule has 1 aromatic carbocycles. The third-order valence-electron chi connectivity index (χ3n) is 5.77. The lowest BCUT2D eigenvalue weighted by molar-refractivity contribution is 0.0981. The molecule has 2 heterocycles. The van der Waals surface area contributed by atoms with E-state index in [-0.39, 0.29) is 17.2 Å². The molecule has 3 rings (SSSR count). The first-order valence-corrected chi connectivity index (χ1v) is 10.1. The second-order valence-electron chi connectivity index (χ2n) is 8.11. The maximum Gasteiger partial charge on any atom is 0.276 e. The Hall–Kier alpha value is -2.47.